The fourth-order valence-corrected chi connectivity index (χ4v) is 2.80. The van der Waals surface area contributed by atoms with E-state index in [1.165, 1.54) is 6.42 Å². The van der Waals surface area contributed by atoms with Crippen molar-refractivity contribution in [3.8, 4) is 0 Å². The fourth-order valence-electron chi connectivity index (χ4n) is 2.80. The Bertz CT molecular complexity index is 576. The van der Waals surface area contributed by atoms with Crippen LogP contribution in [-0.2, 0) is 0 Å². The van der Waals surface area contributed by atoms with Gasteiger partial charge >= 0.3 is 0 Å². The number of hydrogen-bond acceptors (Lipinski definition) is 4. The lowest BCUT2D eigenvalue weighted by Crippen LogP contribution is -2.44. The molecule has 0 amide bonds. The van der Waals surface area contributed by atoms with Crippen LogP contribution in [-0.4, -0.2) is 33.7 Å². The Balaban J connectivity index is 1.96. The molecule has 2 unspecified atom stereocenters. The molecule has 2 aromatic rings. The maximum Gasteiger partial charge on any atom is 0.245 e. The standard InChI is InChI=1S/C14H21N5/c1-10-6-7-12(8-15)9-18(10)14-16-13-5-3-4-11(2)19(13)17-14/h3-5,10,12H,6-9,15H2,1-2H3. The average molecular weight is 259 g/mol. The molecule has 0 spiro atoms. The zero-order chi connectivity index (χ0) is 13.4. The van der Waals surface area contributed by atoms with E-state index in [-0.39, 0.29) is 0 Å². The third-order valence-corrected chi connectivity index (χ3v) is 4.11. The summed E-state index contributed by atoms with van der Waals surface area (Å²) in [6, 6.07) is 6.55. The summed E-state index contributed by atoms with van der Waals surface area (Å²) >= 11 is 0. The van der Waals surface area contributed by atoms with Gasteiger partial charge in [-0.15, -0.1) is 5.10 Å². The molecule has 0 saturated carbocycles. The molecule has 1 aliphatic rings. The van der Waals surface area contributed by atoms with Crippen molar-refractivity contribution >= 4 is 11.6 Å². The topological polar surface area (TPSA) is 59.5 Å². The lowest BCUT2D eigenvalue weighted by molar-refractivity contribution is 0.369. The Labute approximate surface area is 113 Å². The average Bonchev–Trinajstić information content (AvgIpc) is 2.84. The van der Waals surface area contributed by atoms with E-state index in [0.717, 1.165) is 36.8 Å². The number of nitrogens with zero attached hydrogens (tertiary/aromatic N) is 4. The lowest BCUT2D eigenvalue weighted by Gasteiger charge is -2.36. The molecule has 1 fully saturated rings. The van der Waals surface area contributed by atoms with E-state index >= 15 is 0 Å². The van der Waals surface area contributed by atoms with Crippen LogP contribution in [0.1, 0.15) is 25.5 Å². The minimum atomic E-state index is 0.487. The number of fused-ring (bicyclic) bond motifs is 1. The van der Waals surface area contributed by atoms with Gasteiger partial charge < -0.3 is 10.6 Å². The molecule has 2 atom stereocenters. The van der Waals surface area contributed by atoms with E-state index < -0.39 is 0 Å². The first kappa shape index (κ1) is 12.4. The zero-order valence-electron chi connectivity index (χ0n) is 11.6. The molecule has 0 aliphatic carbocycles. The number of piperidine rings is 1. The SMILES string of the molecule is Cc1cccc2nc(N3CC(CN)CCC3C)nn12. The number of anilines is 1. The van der Waals surface area contributed by atoms with E-state index in [0.29, 0.717) is 12.0 Å². The van der Waals surface area contributed by atoms with Gasteiger partial charge in [0.2, 0.25) is 5.95 Å². The van der Waals surface area contributed by atoms with Crippen molar-refractivity contribution in [1.29, 1.82) is 0 Å². The molecule has 2 N–H and O–H groups in total. The van der Waals surface area contributed by atoms with Gasteiger partial charge in [-0.3, -0.25) is 0 Å². The summed E-state index contributed by atoms with van der Waals surface area (Å²) in [5.41, 5.74) is 7.84. The van der Waals surface area contributed by atoms with Gasteiger partial charge in [0.15, 0.2) is 5.65 Å². The highest BCUT2D eigenvalue weighted by molar-refractivity contribution is 5.46. The maximum atomic E-state index is 5.82. The van der Waals surface area contributed by atoms with Crippen molar-refractivity contribution in [2.24, 2.45) is 11.7 Å². The summed E-state index contributed by atoms with van der Waals surface area (Å²) in [6.07, 6.45) is 2.37. The summed E-state index contributed by atoms with van der Waals surface area (Å²) < 4.78 is 1.91. The molecule has 2 aromatic heterocycles. The van der Waals surface area contributed by atoms with Crippen LogP contribution >= 0.6 is 0 Å². The van der Waals surface area contributed by atoms with Crippen LogP contribution in [0, 0.1) is 12.8 Å². The highest BCUT2D eigenvalue weighted by Gasteiger charge is 2.27. The number of aromatic nitrogens is 3. The van der Waals surface area contributed by atoms with Crippen LogP contribution in [0.15, 0.2) is 18.2 Å². The van der Waals surface area contributed by atoms with E-state index in [2.05, 4.69) is 21.9 Å². The van der Waals surface area contributed by atoms with Crippen molar-refractivity contribution < 1.29 is 0 Å². The largest absolute Gasteiger partial charge is 0.336 e. The fraction of sp³-hybridized carbons (Fsp3) is 0.571. The van der Waals surface area contributed by atoms with Crippen LogP contribution in [0.4, 0.5) is 5.95 Å². The van der Waals surface area contributed by atoms with Gasteiger partial charge in [0.05, 0.1) is 0 Å². The monoisotopic (exact) mass is 259 g/mol. The molecule has 0 aromatic carbocycles. The summed E-state index contributed by atoms with van der Waals surface area (Å²) in [7, 11) is 0. The molecule has 3 rings (SSSR count). The first-order chi connectivity index (χ1) is 9.19. The van der Waals surface area contributed by atoms with Crippen LogP contribution in [0.5, 0.6) is 0 Å². The van der Waals surface area contributed by atoms with E-state index in [9.17, 15) is 0 Å². The van der Waals surface area contributed by atoms with Crippen molar-refractivity contribution in [3.63, 3.8) is 0 Å². The van der Waals surface area contributed by atoms with Crippen molar-refractivity contribution in [2.75, 3.05) is 18.0 Å². The van der Waals surface area contributed by atoms with Crippen LogP contribution in [0.25, 0.3) is 5.65 Å². The third-order valence-electron chi connectivity index (χ3n) is 4.11. The lowest BCUT2D eigenvalue weighted by atomic mass is 9.94. The van der Waals surface area contributed by atoms with Crippen molar-refractivity contribution in [3.05, 3.63) is 23.9 Å². The van der Waals surface area contributed by atoms with E-state index in [1.54, 1.807) is 0 Å². The first-order valence-corrected chi connectivity index (χ1v) is 6.98. The Hall–Kier alpha value is -1.62. The Morgan fingerprint density at radius 2 is 2.21 bits per heavy atom. The van der Waals surface area contributed by atoms with Crippen molar-refractivity contribution in [2.45, 2.75) is 32.7 Å². The second-order valence-corrected chi connectivity index (χ2v) is 5.53. The molecule has 1 saturated heterocycles. The minimum Gasteiger partial charge on any atom is -0.336 e. The quantitative estimate of drug-likeness (QED) is 0.890. The molecule has 102 valence electrons. The smallest absolute Gasteiger partial charge is 0.245 e. The minimum absolute atomic E-state index is 0.487. The summed E-state index contributed by atoms with van der Waals surface area (Å²) in [5, 5.41) is 4.65. The van der Waals surface area contributed by atoms with E-state index in [1.807, 2.05) is 29.6 Å². The van der Waals surface area contributed by atoms with Crippen LogP contribution in [0.3, 0.4) is 0 Å². The third kappa shape index (κ3) is 2.18. The van der Waals surface area contributed by atoms with Gasteiger partial charge in [-0.2, -0.15) is 4.98 Å². The van der Waals surface area contributed by atoms with Gasteiger partial charge in [-0.25, -0.2) is 4.52 Å². The Morgan fingerprint density at radius 3 is 2.95 bits per heavy atom. The van der Waals surface area contributed by atoms with Crippen molar-refractivity contribution in [1.82, 2.24) is 14.6 Å². The Morgan fingerprint density at radius 1 is 1.37 bits per heavy atom. The summed E-state index contributed by atoms with van der Waals surface area (Å²) in [6.45, 7) is 6.00. The van der Waals surface area contributed by atoms with Gasteiger partial charge in [0, 0.05) is 18.3 Å². The zero-order valence-corrected chi connectivity index (χ0v) is 11.6. The van der Waals surface area contributed by atoms with Gasteiger partial charge in [-0.1, -0.05) is 6.07 Å². The molecule has 0 radical (unpaired) electrons. The van der Waals surface area contributed by atoms with E-state index in [4.69, 9.17) is 5.73 Å². The van der Waals surface area contributed by atoms with Crippen LogP contribution < -0.4 is 10.6 Å². The number of pyridine rings is 1. The first-order valence-electron chi connectivity index (χ1n) is 6.98. The normalized spacial score (nSPS) is 24.1. The second-order valence-electron chi connectivity index (χ2n) is 5.53. The van der Waals surface area contributed by atoms with Gasteiger partial charge in [0.25, 0.3) is 0 Å². The molecule has 5 nitrogen and oxygen atoms in total. The van der Waals surface area contributed by atoms with Crippen LogP contribution in [0.2, 0.25) is 0 Å². The number of nitrogens with two attached hydrogens (primary N) is 1. The molecule has 5 heteroatoms. The van der Waals surface area contributed by atoms with Gasteiger partial charge in [-0.05, 0) is 51.3 Å². The predicted octanol–water partition coefficient (Wildman–Crippen LogP) is 1.60. The summed E-state index contributed by atoms with van der Waals surface area (Å²) in [5.74, 6) is 1.39. The Kier molecular flexibility index (Phi) is 3.14. The highest BCUT2D eigenvalue weighted by atomic mass is 15.4. The second kappa shape index (κ2) is 4.81. The molecule has 0 bridgehead atoms. The number of rotatable bonds is 2. The molecular formula is C14H21N5. The molecule has 3 heterocycles. The predicted molar refractivity (Wildman–Crippen MR) is 76.3 cm³/mol. The highest BCUT2D eigenvalue weighted by Crippen LogP contribution is 2.25. The number of hydrogen-bond donors (Lipinski definition) is 1. The molecular weight excluding hydrogens is 238 g/mol. The van der Waals surface area contributed by atoms with Gasteiger partial charge in [0.1, 0.15) is 0 Å². The number of aryl methyl sites for hydroxylation is 1. The molecule has 1 aliphatic heterocycles. The maximum absolute atomic E-state index is 5.82. The molecule has 19 heavy (non-hydrogen) atoms. The summed E-state index contributed by atoms with van der Waals surface area (Å²) in [4.78, 5) is 6.95.